The van der Waals surface area contributed by atoms with E-state index in [4.69, 9.17) is 5.73 Å². The standard InChI is InChI=1S/C9H7BrN2S/c10-8-5-13-4-7(8)6-1-2-9(11)12-3-6/h1-5H,(H2,11,12). The van der Waals surface area contributed by atoms with Crippen LogP contribution in [0.5, 0.6) is 0 Å². The molecule has 66 valence electrons. The minimum atomic E-state index is 0.551. The van der Waals surface area contributed by atoms with Gasteiger partial charge in [-0.2, -0.15) is 11.3 Å². The van der Waals surface area contributed by atoms with Gasteiger partial charge in [0.1, 0.15) is 5.82 Å². The van der Waals surface area contributed by atoms with Crippen molar-refractivity contribution in [2.24, 2.45) is 0 Å². The topological polar surface area (TPSA) is 38.9 Å². The largest absolute Gasteiger partial charge is 0.384 e. The molecule has 13 heavy (non-hydrogen) atoms. The quantitative estimate of drug-likeness (QED) is 0.850. The third kappa shape index (κ3) is 1.73. The molecule has 0 amide bonds. The second-order valence-corrected chi connectivity index (χ2v) is 4.20. The van der Waals surface area contributed by atoms with Gasteiger partial charge in [-0.15, -0.1) is 0 Å². The summed E-state index contributed by atoms with van der Waals surface area (Å²) in [5.41, 5.74) is 7.75. The number of nitrogen functional groups attached to an aromatic ring is 1. The average Bonchev–Trinajstić information content (AvgIpc) is 2.53. The van der Waals surface area contributed by atoms with Crippen molar-refractivity contribution in [3.63, 3.8) is 0 Å². The lowest BCUT2D eigenvalue weighted by atomic mass is 10.1. The normalized spacial score (nSPS) is 10.2. The van der Waals surface area contributed by atoms with E-state index in [-0.39, 0.29) is 0 Å². The van der Waals surface area contributed by atoms with Crippen LogP contribution in [0.2, 0.25) is 0 Å². The van der Waals surface area contributed by atoms with Gasteiger partial charge in [-0.1, -0.05) is 0 Å². The summed E-state index contributed by atoms with van der Waals surface area (Å²) in [5, 5.41) is 4.13. The maximum atomic E-state index is 5.50. The molecule has 0 aliphatic carbocycles. The van der Waals surface area contributed by atoms with Crippen LogP contribution in [-0.2, 0) is 0 Å². The summed E-state index contributed by atoms with van der Waals surface area (Å²) in [4.78, 5) is 4.04. The zero-order valence-electron chi connectivity index (χ0n) is 6.70. The average molecular weight is 255 g/mol. The van der Waals surface area contributed by atoms with Crippen molar-refractivity contribution in [2.45, 2.75) is 0 Å². The van der Waals surface area contributed by atoms with Crippen LogP contribution in [0.15, 0.2) is 33.6 Å². The first-order chi connectivity index (χ1) is 6.27. The Morgan fingerprint density at radius 1 is 1.31 bits per heavy atom. The SMILES string of the molecule is Nc1ccc(-c2cscc2Br)cn1. The fraction of sp³-hybridized carbons (Fsp3) is 0. The first-order valence-electron chi connectivity index (χ1n) is 3.71. The molecular weight excluding hydrogens is 248 g/mol. The summed E-state index contributed by atoms with van der Waals surface area (Å²) >= 11 is 5.13. The van der Waals surface area contributed by atoms with E-state index in [0.29, 0.717) is 5.82 Å². The van der Waals surface area contributed by atoms with Gasteiger partial charge in [-0.05, 0) is 33.4 Å². The van der Waals surface area contributed by atoms with Gasteiger partial charge in [0.2, 0.25) is 0 Å². The summed E-state index contributed by atoms with van der Waals surface area (Å²) in [5.74, 6) is 0.551. The number of thiophene rings is 1. The lowest BCUT2D eigenvalue weighted by Gasteiger charge is -1.98. The summed E-state index contributed by atoms with van der Waals surface area (Å²) in [6.07, 6.45) is 1.78. The van der Waals surface area contributed by atoms with E-state index < -0.39 is 0 Å². The van der Waals surface area contributed by atoms with Gasteiger partial charge >= 0.3 is 0 Å². The number of hydrogen-bond acceptors (Lipinski definition) is 3. The molecule has 0 unspecified atom stereocenters. The van der Waals surface area contributed by atoms with E-state index in [2.05, 4.69) is 26.3 Å². The number of nitrogens with zero attached hydrogens (tertiary/aromatic N) is 1. The van der Waals surface area contributed by atoms with Crippen molar-refractivity contribution < 1.29 is 0 Å². The molecule has 2 aromatic heterocycles. The third-order valence-corrected chi connectivity index (χ3v) is 3.41. The zero-order chi connectivity index (χ0) is 9.26. The predicted octanol–water partition coefficient (Wildman–Crippen LogP) is 3.15. The highest BCUT2D eigenvalue weighted by atomic mass is 79.9. The number of halogens is 1. The molecule has 2 aromatic rings. The number of rotatable bonds is 1. The third-order valence-electron chi connectivity index (χ3n) is 1.71. The Kier molecular flexibility index (Phi) is 2.33. The second kappa shape index (κ2) is 3.47. The molecule has 2 rings (SSSR count). The molecule has 0 spiro atoms. The highest BCUT2D eigenvalue weighted by Gasteiger charge is 2.03. The van der Waals surface area contributed by atoms with E-state index in [1.165, 1.54) is 0 Å². The van der Waals surface area contributed by atoms with Crippen molar-refractivity contribution in [2.75, 3.05) is 5.73 Å². The smallest absolute Gasteiger partial charge is 0.123 e. The van der Waals surface area contributed by atoms with Gasteiger partial charge < -0.3 is 5.73 Å². The Hall–Kier alpha value is -0.870. The maximum Gasteiger partial charge on any atom is 0.123 e. The van der Waals surface area contributed by atoms with Crippen LogP contribution in [-0.4, -0.2) is 4.98 Å². The number of pyridine rings is 1. The Morgan fingerprint density at radius 3 is 2.69 bits per heavy atom. The Balaban J connectivity index is 2.47. The van der Waals surface area contributed by atoms with E-state index in [1.807, 2.05) is 11.4 Å². The van der Waals surface area contributed by atoms with E-state index >= 15 is 0 Å². The fourth-order valence-electron chi connectivity index (χ4n) is 1.05. The molecule has 0 bridgehead atoms. The van der Waals surface area contributed by atoms with E-state index in [1.54, 1.807) is 23.6 Å². The fourth-order valence-corrected chi connectivity index (χ4v) is 2.58. The van der Waals surface area contributed by atoms with Crippen molar-refractivity contribution >= 4 is 33.1 Å². The molecule has 0 saturated heterocycles. The lowest BCUT2D eigenvalue weighted by Crippen LogP contribution is -1.88. The molecule has 0 aliphatic heterocycles. The molecule has 2 heterocycles. The van der Waals surface area contributed by atoms with Gasteiger partial charge in [0.15, 0.2) is 0 Å². The molecule has 0 radical (unpaired) electrons. The van der Waals surface area contributed by atoms with E-state index in [9.17, 15) is 0 Å². The summed E-state index contributed by atoms with van der Waals surface area (Å²) in [6, 6.07) is 3.77. The van der Waals surface area contributed by atoms with Crippen molar-refractivity contribution in [3.8, 4) is 11.1 Å². The Bertz CT molecular complexity index is 408. The minimum Gasteiger partial charge on any atom is -0.384 e. The number of aromatic nitrogens is 1. The van der Waals surface area contributed by atoms with Gasteiger partial charge in [0.25, 0.3) is 0 Å². The van der Waals surface area contributed by atoms with E-state index in [0.717, 1.165) is 15.6 Å². The molecule has 0 saturated carbocycles. The summed E-state index contributed by atoms with van der Waals surface area (Å²) in [6.45, 7) is 0. The van der Waals surface area contributed by atoms with Crippen LogP contribution in [0.25, 0.3) is 11.1 Å². The molecule has 0 aliphatic rings. The first-order valence-corrected chi connectivity index (χ1v) is 5.44. The maximum absolute atomic E-state index is 5.50. The van der Waals surface area contributed by atoms with Crippen molar-refractivity contribution in [1.82, 2.24) is 4.98 Å². The van der Waals surface area contributed by atoms with Crippen molar-refractivity contribution in [1.29, 1.82) is 0 Å². The van der Waals surface area contributed by atoms with Crippen LogP contribution >= 0.6 is 27.3 Å². The summed E-state index contributed by atoms with van der Waals surface area (Å²) in [7, 11) is 0. The number of nitrogens with two attached hydrogens (primary N) is 1. The van der Waals surface area contributed by atoms with Crippen molar-refractivity contribution in [3.05, 3.63) is 33.6 Å². The zero-order valence-corrected chi connectivity index (χ0v) is 9.10. The molecule has 4 heteroatoms. The predicted molar refractivity (Wildman–Crippen MR) is 59.7 cm³/mol. The second-order valence-electron chi connectivity index (χ2n) is 2.61. The molecular formula is C9H7BrN2S. The highest BCUT2D eigenvalue weighted by molar-refractivity contribution is 9.10. The van der Waals surface area contributed by atoms with Crippen LogP contribution in [0, 0.1) is 0 Å². The van der Waals surface area contributed by atoms with Crippen LogP contribution in [0.3, 0.4) is 0 Å². The van der Waals surface area contributed by atoms with Crippen LogP contribution < -0.4 is 5.73 Å². The van der Waals surface area contributed by atoms with Gasteiger partial charge in [-0.3, -0.25) is 0 Å². The molecule has 0 atom stereocenters. The highest BCUT2D eigenvalue weighted by Crippen LogP contribution is 2.31. The van der Waals surface area contributed by atoms with Gasteiger partial charge in [0.05, 0.1) is 0 Å². The van der Waals surface area contributed by atoms with Crippen LogP contribution in [0.4, 0.5) is 5.82 Å². The summed E-state index contributed by atoms with van der Waals surface area (Å²) < 4.78 is 1.10. The lowest BCUT2D eigenvalue weighted by molar-refractivity contribution is 1.34. The van der Waals surface area contributed by atoms with Gasteiger partial charge in [0, 0.05) is 27.2 Å². The molecule has 0 fully saturated rings. The Morgan fingerprint density at radius 2 is 2.15 bits per heavy atom. The minimum absolute atomic E-state index is 0.551. The number of anilines is 1. The van der Waals surface area contributed by atoms with Gasteiger partial charge in [-0.25, -0.2) is 4.98 Å². The van der Waals surface area contributed by atoms with Crippen LogP contribution in [0.1, 0.15) is 0 Å². The molecule has 2 N–H and O–H groups in total. The number of hydrogen-bond donors (Lipinski definition) is 1. The molecule has 0 aromatic carbocycles. The Labute approximate surface area is 88.6 Å². The molecule has 2 nitrogen and oxygen atoms in total. The monoisotopic (exact) mass is 254 g/mol. The first kappa shape index (κ1) is 8.72.